The first kappa shape index (κ1) is 18.9. The van der Waals surface area contributed by atoms with Crippen molar-refractivity contribution < 1.29 is 9.53 Å². The maximum absolute atomic E-state index is 11.7. The number of nitrogens with zero attached hydrogens (tertiary/aromatic N) is 1. The molecule has 6 heteroatoms. The predicted molar refractivity (Wildman–Crippen MR) is 92.7 cm³/mol. The first-order valence-electron chi connectivity index (χ1n) is 7.33. The fraction of sp³-hybridized carbons (Fsp3) is 0.562. The van der Waals surface area contributed by atoms with E-state index in [2.05, 4.69) is 32.2 Å². The van der Waals surface area contributed by atoms with Crippen molar-refractivity contribution in [3.05, 3.63) is 34.3 Å². The molecule has 0 aliphatic carbocycles. The number of alkyl carbamates (subject to hydrolysis) is 1. The molecule has 1 atom stereocenters. The lowest BCUT2D eigenvalue weighted by Gasteiger charge is -2.28. The average molecular weight is 372 g/mol. The van der Waals surface area contributed by atoms with E-state index in [0.717, 1.165) is 11.0 Å². The molecule has 22 heavy (non-hydrogen) atoms. The maximum atomic E-state index is 11.7. The molecule has 1 rings (SSSR count). The molecule has 0 spiro atoms. The number of rotatable bonds is 6. The topological polar surface area (TPSA) is 67.6 Å². The van der Waals surface area contributed by atoms with Crippen LogP contribution >= 0.6 is 15.9 Å². The van der Waals surface area contributed by atoms with Gasteiger partial charge in [0.25, 0.3) is 0 Å². The van der Waals surface area contributed by atoms with Crippen molar-refractivity contribution in [3.8, 4) is 0 Å². The van der Waals surface area contributed by atoms with Gasteiger partial charge in [-0.25, -0.2) is 4.79 Å². The number of hydrogen-bond donors (Lipinski definition) is 2. The molecule has 0 aliphatic rings. The summed E-state index contributed by atoms with van der Waals surface area (Å²) in [5.74, 6) is 0. The zero-order valence-electron chi connectivity index (χ0n) is 13.7. The van der Waals surface area contributed by atoms with E-state index in [1.165, 1.54) is 5.56 Å². The van der Waals surface area contributed by atoms with Crippen LogP contribution in [0, 0.1) is 0 Å². The summed E-state index contributed by atoms with van der Waals surface area (Å²) < 4.78 is 6.30. The van der Waals surface area contributed by atoms with Crippen LogP contribution < -0.4 is 11.1 Å². The Kier molecular flexibility index (Phi) is 7.32. The molecule has 0 bridgehead atoms. The summed E-state index contributed by atoms with van der Waals surface area (Å²) in [5, 5.41) is 2.78. The van der Waals surface area contributed by atoms with E-state index < -0.39 is 11.7 Å². The summed E-state index contributed by atoms with van der Waals surface area (Å²) in [6.07, 6.45) is -0.416. The molecule has 0 fully saturated rings. The normalized spacial score (nSPS) is 13.0. The van der Waals surface area contributed by atoms with Crippen molar-refractivity contribution in [1.82, 2.24) is 10.2 Å². The summed E-state index contributed by atoms with van der Waals surface area (Å²) in [5.41, 5.74) is 6.52. The predicted octanol–water partition coefficient (Wildman–Crippen LogP) is 2.73. The molecule has 0 radical (unpaired) electrons. The molecule has 0 saturated heterocycles. The number of ether oxygens (including phenoxy) is 1. The lowest BCUT2D eigenvalue weighted by Crippen LogP contribution is -2.47. The van der Waals surface area contributed by atoms with Crippen LogP contribution in [0.4, 0.5) is 4.79 Å². The highest BCUT2D eigenvalue weighted by Crippen LogP contribution is 2.18. The lowest BCUT2D eigenvalue weighted by atomic mass is 10.2. The third kappa shape index (κ3) is 6.77. The highest BCUT2D eigenvalue weighted by molar-refractivity contribution is 9.10. The van der Waals surface area contributed by atoms with Crippen molar-refractivity contribution in [2.45, 2.75) is 39.0 Å². The number of carbonyl (C=O) groups is 1. The highest BCUT2D eigenvalue weighted by atomic mass is 79.9. The smallest absolute Gasteiger partial charge is 0.407 e. The largest absolute Gasteiger partial charge is 0.444 e. The van der Waals surface area contributed by atoms with Crippen molar-refractivity contribution >= 4 is 22.0 Å². The Bertz CT molecular complexity index is 489. The Hall–Kier alpha value is -1.11. The van der Waals surface area contributed by atoms with Crippen molar-refractivity contribution in [3.63, 3.8) is 0 Å². The van der Waals surface area contributed by atoms with Crippen LogP contribution in [0.15, 0.2) is 28.7 Å². The van der Waals surface area contributed by atoms with E-state index in [-0.39, 0.29) is 6.04 Å². The Morgan fingerprint density at radius 2 is 2.05 bits per heavy atom. The number of amides is 1. The molecule has 124 valence electrons. The van der Waals surface area contributed by atoms with E-state index in [1.54, 1.807) is 0 Å². The number of likely N-dealkylation sites (N-methyl/N-ethyl adjacent to an activating group) is 1. The first-order valence-corrected chi connectivity index (χ1v) is 8.13. The van der Waals surface area contributed by atoms with Crippen molar-refractivity contribution in [2.24, 2.45) is 5.73 Å². The van der Waals surface area contributed by atoms with Gasteiger partial charge >= 0.3 is 6.09 Å². The van der Waals surface area contributed by atoms with Gasteiger partial charge in [-0.2, -0.15) is 0 Å². The third-order valence-electron chi connectivity index (χ3n) is 3.15. The van der Waals surface area contributed by atoms with Gasteiger partial charge in [0.05, 0.1) is 0 Å². The molecule has 1 aromatic carbocycles. The summed E-state index contributed by atoms with van der Waals surface area (Å²) in [4.78, 5) is 13.8. The van der Waals surface area contributed by atoms with E-state index >= 15 is 0 Å². The monoisotopic (exact) mass is 371 g/mol. The van der Waals surface area contributed by atoms with Crippen LogP contribution in [0.3, 0.4) is 0 Å². The van der Waals surface area contributed by atoms with Crippen molar-refractivity contribution in [1.29, 1.82) is 0 Å². The van der Waals surface area contributed by atoms with Crippen LogP contribution in [0.5, 0.6) is 0 Å². The average Bonchev–Trinajstić information content (AvgIpc) is 2.40. The van der Waals surface area contributed by atoms with E-state index in [0.29, 0.717) is 13.1 Å². The Balaban J connectivity index is 2.53. The number of carbonyl (C=O) groups excluding carboxylic acids is 1. The van der Waals surface area contributed by atoms with Crippen LogP contribution in [0.1, 0.15) is 26.3 Å². The second-order valence-corrected chi connectivity index (χ2v) is 7.13. The number of halogens is 1. The van der Waals surface area contributed by atoms with Gasteiger partial charge in [0.15, 0.2) is 0 Å². The van der Waals surface area contributed by atoms with E-state index in [4.69, 9.17) is 10.5 Å². The zero-order valence-corrected chi connectivity index (χ0v) is 15.3. The Labute approximate surface area is 141 Å². The molecule has 3 N–H and O–H groups in total. The van der Waals surface area contributed by atoms with Crippen LogP contribution in [-0.2, 0) is 11.3 Å². The molecule has 5 nitrogen and oxygen atoms in total. The van der Waals surface area contributed by atoms with Crippen LogP contribution in [-0.4, -0.2) is 42.8 Å². The van der Waals surface area contributed by atoms with Gasteiger partial charge in [-0.1, -0.05) is 34.1 Å². The van der Waals surface area contributed by atoms with Gasteiger partial charge in [-0.15, -0.1) is 0 Å². The minimum absolute atomic E-state index is 0.0413. The fourth-order valence-corrected chi connectivity index (χ4v) is 2.37. The molecule has 0 saturated carbocycles. The molecule has 0 aliphatic heterocycles. The SMILES string of the molecule is CN(Cc1ccccc1Br)C(CN)CNC(=O)OC(C)(C)C. The fourth-order valence-electron chi connectivity index (χ4n) is 1.96. The standard InChI is InChI=1S/C16H26BrN3O2/c1-16(2,3)22-15(21)19-10-13(9-18)20(4)11-12-7-5-6-8-14(12)17/h5-8,13H,9-11,18H2,1-4H3,(H,19,21). The molecule has 1 unspecified atom stereocenters. The third-order valence-corrected chi connectivity index (χ3v) is 3.93. The molecule has 1 aromatic rings. The van der Waals surface area contributed by atoms with Crippen molar-refractivity contribution in [2.75, 3.05) is 20.1 Å². The number of nitrogens with two attached hydrogens (primary N) is 1. The molecule has 0 heterocycles. The Morgan fingerprint density at radius 1 is 1.41 bits per heavy atom. The van der Waals surface area contributed by atoms with Gasteiger partial charge in [0.2, 0.25) is 0 Å². The second-order valence-electron chi connectivity index (χ2n) is 6.28. The van der Waals surface area contributed by atoms with Crippen LogP contribution in [0.25, 0.3) is 0 Å². The number of nitrogens with one attached hydrogen (secondary N) is 1. The minimum atomic E-state index is -0.497. The van der Waals surface area contributed by atoms with Crippen LogP contribution in [0.2, 0.25) is 0 Å². The van der Waals surface area contributed by atoms with Gasteiger partial charge in [0, 0.05) is 30.1 Å². The number of hydrogen-bond acceptors (Lipinski definition) is 4. The quantitative estimate of drug-likeness (QED) is 0.806. The van der Waals surface area contributed by atoms with Gasteiger partial charge in [-0.3, -0.25) is 4.90 Å². The highest BCUT2D eigenvalue weighted by Gasteiger charge is 2.19. The summed E-state index contributed by atoms with van der Waals surface area (Å²) in [6, 6.07) is 8.11. The Morgan fingerprint density at radius 3 is 2.59 bits per heavy atom. The van der Waals surface area contributed by atoms with Gasteiger partial charge < -0.3 is 15.8 Å². The van der Waals surface area contributed by atoms with Gasteiger partial charge in [-0.05, 0) is 39.4 Å². The molecular weight excluding hydrogens is 346 g/mol. The molecular formula is C16H26BrN3O2. The zero-order chi connectivity index (χ0) is 16.8. The molecule has 0 aromatic heterocycles. The minimum Gasteiger partial charge on any atom is -0.444 e. The van der Waals surface area contributed by atoms with E-state index in [9.17, 15) is 4.79 Å². The maximum Gasteiger partial charge on any atom is 0.407 e. The van der Waals surface area contributed by atoms with E-state index in [1.807, 2.05) is 46.0 Å². The number of benzene rings is 1. The lowest BCUT2D eigenvalue weighted by molar-refractivity contribution is 0.0511. The first-order chi connectivity index (χ1) is 10.2. The summed E-state index contributed by atoms with van der Waals surface area (Å²) in [7, 11) is 1.99. The van der Waals surface area contributed by atoms with Gasteiger partial charge in [0.1, 0.15) is 5.60 Å². The molecule has 1 amide bonds. The summed E-state index contributed by atoms with van der Waals surface area (Å²) >= 11 is 3.54. The second kappa shape index (κ2) is 8.50. The summed E-state index contributed by atoms with van der Waals surface area (Å²) in [6.45, 7) is 7.17.